The first-order valence-electron chi connectivity index (χ1n) is 11.0. The third-order valence-electron chi connectivity index (χ3n) is 5.46. The van der Waals surface area contributed by atoms with Crippen LogP contribution in [-0.4, -0.2) is 39.5 Å². The molecule has 2 heterocycles. The highest BCUT2D eigenvalue weighted by Gasteiger charge is 2.13. The molecule has 0 amide bonds. The lowest BCUT2D eigenvalue weighted by Gasteiger charge is -2.13. The topological polar surface area (TPSA) is 102 Å². The highest BCUT2D eigenvalue weighted by atomic mass is 127. The van der Waals surface area contributed by atoms with Crippen molar-refractivity contribution in [3.63, 3.8) is 0 Å². The molecule has 0 aliphatic carbocycles. The molecule has 180 valence electrons. The quantitative estimate of drug-likeness (QED) is 0.220. The Hall–Kier alpha value is -2.63. The van der Waals surface area contributed by atoms with E-state index in [1.165, 1.54) is 5.56 Å². The zero-order valence-corrected chi connectivity index (χ0v) is 22.3. The van der Waals surface area contributed by atoms with Crippen LogP contribution in [0.25, 0.3) is 0 Å². The van der Waals surface area contributed by atoms with Gasteiger partial charge in [-0.15, -0.1) is 34.2 Å². The van der Waals surface area contributed by atoms with Gasteiger partial charge in [-0.25, -0.2) is 4.99 Å². The summed E-state index contributed by atoms with van der Waals surface area (Å²) in [5.74, 6) is 4.19. The summed E-state index contributed by atoms with van der Waals surface area (Å²) in [7, 11) is 3.63. The van der Waals surface area contributed by atoms with Crippen molar-refractivity contribution in [1.29, 1.82) is 0 Å². The number of guanidine groups is 1. The molecule has 0 aliphatic heterocycles. The number of aliphatic imine (C=N–C) groups is 1. The fourth-order valence-corrected chi connectivity index (χ4v) is 3.33. The largest absolute Gasteiger partial charge is 0.497 e. The van der Waals surface area contributed by atoms with Crippen LogP contribution < -0.4 is 15.4 Å². The lowest BCUT2D eigenvalue weighted by Crippen LogP contribution is -2.38. The van der Waals surface area contributed by atoms with E-state index in [0.717, 1.165) is 60.2 Å². The smallest absolute Gasteiger partial charge is 0.191 e. The maximum atomic E-state index is 5.48. The SMILES string of the molecule is CCc1noc(CC)c1CN=C(NCCc1ccc(OC)cc1)NCc1nnc(C)n1C.I. The van der Waals surface area contributed by atoms with Crippen LogP contribution in [0.4, 0.5) is 0 Å². The van der Waals surface area contributed by atoms with Crippen LogP contribution in [0.1, 0.15) is 48.1 Å². The predicted molar refractivity (Wildman–Crippen MR) is 139 cm³/mol. The van der Waals surface area contributed by atoms with Gasteiger partial charge in [0.1, 0.15) is 17.3 Å². The van der Waals surface area contributed by atoms with Crippen LogP contribution in [-0.2, 0) is 39.4 Å². The molecular formula is C23H34IN7O2. The second-order valence-electron chi connectivity index (χ2n) is 7.50. The summed E-state index contributed by atoms with van der Waals surface area (Å²) in [6.07, 6.45) is 2.48. The van der Waals surface area contributed by atoms with Crippen molar-refractivity contribution in [3.8, 4) is 5.75 Å². The van der Waals surface area contributed by atoms with E-state index >= 15 is 0 Å². The van der Waals surface area contributed by atoms with Crippen molar-refractivity contribution in [3.05, 3.63) is 58.5 Å². The summed E-state index contributed by atoms with van der Waals surface area (Å²) in [5, 5.41) is 19.3. The Balaban J connectivity index is 0.00000385. The molecule has 0 spiro atoms. The molecule has 0 bridgehead atoms. The van der Waals surface area contributed by atoms with E-state index in [-0.39, 0.29) is 24.0 Å². The number of aryl methyl sites for hydroxylation is 3. The zero-order valence-electron chi connectivity index (χ0n) is 20.0. The molecule has 9 nitrogen and oxygen atoms in total. The van der Waals surface area contributed by atoms with E-state index in [0.29, 0.717) is 19.0 Å². The average Bonchev–Trinajstić information content (AvgIpc) is 3.37. The van der Waals surface area contributed by atoms with Gasteiger partial charge in [-0.2, -0.15) is 0 Å². The zero-order chi connectivity index (χ0) is 22.9. The maximum Gasteiger partial charge on any atom is 0.191 e. The van der Waals surface area contributed by atoms with Crippen molar-refractivity contribution in [2.45, 2.75) is 53.1 Å². The minimum absolute atomic E-state index is 0. The Morgan fingerprint density at radius 1 is 1.12 bits per heavy atom. The van der Waals surface area contributed by atoms with Gasteiger partial charge in [0, 0.05) is 25.6 Å². The van der Waals surface area contributed by atoms with Crippen molar-refractivity contribution in [2.75, 3.05) is 13.7 Å². The highest BCUT2D eigenvalue weighted by molar-refractivity contribution is 14.0. The fourth-order valence-electron chi connectivity index (χ4n) is 3.33. The van der Waals surface area contributed by atoms with Gasteiger partial charge in [0.2, 0.25) is 0 Å². The van der Waals surface area contributed by atoms with Gasteiger partial charge in [0.05, 0.1) is 25.9 Å². The van der Waals surface area contributed by atoms with Crippen molar-refractivity contribution in [2.24, 2.45) is 12.0 Å². The number of hydrogen-bond donors (Lipinski definition) is 2. The molecule has 10 heteroatoms. The monoisotopic (exact) mass is 567 g/mol. The molecule has 1 aromatic carbocycles. The third-order valence-corrected chi connectivity index (χ3v) is 5.46. The summed E-state index contributed by atoms with van der Waals surface area (Å²) < 4.78 is 12.7. The normalized spacial score (nSPS) is 11.2. The number of aromatic nitrogens is 4. The molecule has 0 aliphatic rings. The summed E-state index contributed by atoms with van der Waals surface area (Å²) in [4.78, 5) is 4.81. The molecule has 2 N–H and O–H groups in total. The Morgan fingerprint density at radius 2 is 1.88 bits per heavy atom. The van der Waals surface area contributed by atoms with Crippen molar-refractivity contribution >= 4 is 29.9 Å². The predicted octanol–water partition coefficient (Wildman–Crippen LogP) is 3.34. The number of methoxy groups -OCH3 is 1. The van der Waals surface area contributed by atoms with E-state index in [1.54, 1.807) is 7.11 Å². The van der Waals surface area contributed by atoms with Crippen LogP contribution in [0.15, 0.2) is 33.8 Å². The summed E-state index contributed by atoms with van der Waals surface area (Å²) in [6, 6.07) is 8.10. The Bertz CT molecular complexity index is 1010. The third kappa shape index (κ3) is 7.18. The van der Waals surface area contributed by atoms with Crippen LogP contribution in [0.3, 0.4) is 0 Å². The number of halogens is 1. The van der Waals surface area contributed by atoms with E-state index in [2.05, 4.69) is 52.0 Å². The first-order valence-corrected chi connectivity index (χ1v) is 11.0. The van der Waals surface area contributed by atoms with Crippen LogP contribution in [0.2, 0.25) is 0 Å². The molecule has 0 saturated carbocycles. The van der Waals surface area contributed by atoms with E-state index in [1.807, 2.05) is 30.7 Å². The van der Waals surface area contributed by atoms with Gasteiger partial charge in [0.25, 0.3) is 0 Å². The molecule has 0 fully saturated rings. The number of ether oxygens (including phenoxy) is 1. The standard InChI is InChI=1S/C23H33N7O2.HI/c1-6-20-19(21(7-2)32-29-20)14-25-23(26-15-22-28-27-16(3)30(22)4)24-13-12-17-8-10-18(31-5)11-9-17;/h8-11H,6-7,12-15H2,1-5H3,(H2,24,25,26);1H. The Morgan fingerprint density at radius 3 is 2.48 bits per heavy atom. The lowest BCUT2D eigenvalue weighted by atomic mass is 10.1. The number of benzene rings is 1. The Labute approximate surface area is 212 Å². The molecular weight excluding hydrogens is 533 g/mol. The molecule has 0 atom stereocenters. The van der Waals surface area contributed by atoms with E-state index < -0.39 is 0 Å². The van der Waals surface area contributed by atoms with Crippen molar-refractivity contribution < 1.29 is 9.26 Å². The molecule has 0 radical (unpaired) electrons. The molecule has 3 aromatic rings. The first kappa shape index (κ1) is 26.6. The lowest BCUT2D eigenvalue weighted by molar-refractivity contribution is 0.380. The van der Waals surface area contributed by atoms with Crippen LogP contribution in [0, 0.1) is 6.92 Å². The summed E-state index contributed by atoms with van der Waals surface area (Å²) in [6.45, 7) is 7.84. The van der Waals surface area contributed by atoms with Gasteiger partial charge in [-0.05, 0) is 37.5 Å². The fraction of sp³-hybridized carbons (Fsp3) is 0.478. The van der Waals surface area contributed by atoms with Gasteiger partial charge in [-0.1, -0.05) is 31.1 Å². The number of nitrogens with one attached hydrogen (secondary N) is 2. The minimum atomic E-state index is 0. The number of hydrogen-bond acceptors (Lipinski definition) is 6. The number of nitrogens with zero attached hydrogens (tertiary/aromatic N) is 5. The van der Waals surface area contributed by atoms with E-state index in [4.69, 9.17) is 14.3 Å². The average molecular weight is 567 g/mol. The van der Waals surface area contributed by atoms with Gasteiger partial charge in [-0.3, -0.25) is 0 Å². The minimum Gasteiger partial charge on any atom is -0.497 e. The second-order valence-corrected chi connectivity index (χ2v) is 7.50. The van der Waals surface area contributed by atoms with Gasteiger partial charge in [0.15, 0.2) is 11.8 Å². The highest BCUT2D eigenvalue weighted by Crippen LogP contribution is 2.17. The molecule has 0 saturated heterocycles. The van der Waals surface area contributed by atoms with Gasteiger partial charge >= 0.3 is 0 Å². The molecule has 2 aromatic heterocycles. The van der Waals surface area contributed by atoms with Crippen LogP contribution >= 0.6 is 24.0 Å². The molecule has 33 heavy (non-hydrogen) atoms. The Kier molecular flexibility index (Phi) is 10.6. The van der Waals surface area contributed by atoms with E-state index in [9.17, 15) is 0 Å². The summed E-state index contributed by atoms with van der Waals surface area (Å²) in [5.41, 5.74) is 3.26. The van der Waals surface area contributed by atoms with Crippen LogP contribution in [0.5, 0.6) is 5.75 Å². The number of rotatable bonds is 10. The summed E-state index contributed by atoms with van der Waals surface area (Å²) >= 11 is 0. The second kappa shape index (κ2) is 13.2. The van der Waals surface area contributed by atoms with Gasteiger partial charge < -0.3 is 24.5 Å². The maximum absolute atomic E-state index is 5.48. The van der Waals surface area contributed by atoms with Crippen molar-refractivity contribution in [1.82, 2.24) is 30.6 Å². The molecule has 0 unspecified atom stereocenters. The first-order chi connectivity index (χ1) is 15.5. The molecule has 3 rings (SSSR count).